The van der Waals surface area contributed by atoms with Crippen LogP contribution in [0.3, 0.4) is 0 Å². The van der Waals surface area contributed by atoms with E-state index in [9.17, 15) is 4.79 Å². The Hall–Kier alpha value is -2.41. The molecule has 1 aliphatic carbocycles. The summed E-state index contributed by atoms with van der Waals surface area (Å²) in [5, 5.41) is 8.43. The Morgan fingerprint density at radius 2 is 1.96 bits per heavy atom. The molecular formula is C21H25N5OS. The van der Waals surface area contributed by atoms with Crippen LogP contribution >= 0.6 is 11.8 Å². The summed E-state index contributed by atoms with van der Waals surface area (Å²) in [6.07, 6.45) is 5.85. The third-order valence-corrected chi connectivity index (χ3v) is 6.04. The zero-order chi connectivity index (χ0) is 19.5. The molecule has 0 spiro atoms. The van der Waals surface area contributed by atoms with Crippen LogP contribution in [0.1, 0.15) is 59.4 Å². The number of carbonyl (C=O) groups is 1. The van der Waals surface area contributed by atoms with E-state index in [1.165, 1.54) is 31.0 Å². The van der Waals surface area contributed by atoms with Gasteiger partial charge in [0.05, 0.1) is 0 Å². The van der Waals surface area contributed by atoms with E-state index in [0.29, 0.717) is 22.7 Å². The Kier molecular flexibility index (Phi) is 5.62. The maximum absolute atomic E-state index is 12.8. The number of carbonyl (C=O) groups excluding carboxylic acids is 1. The topological polar surface area (TPSA) is 72.2 Å². The second-order valence-electron chi connectivity index (χ2n) is 7.40. The third-order valence-electron chi connectivity index (χ3n) is 5.16. The molecule has 2 aromatic heterocycles. The Bertz CT molecular complexity index is 994. The minimum Gasteiger partial charge on any atom is -0.349 e. The van der Waals surface area contributed by atoms with Crippen LogP contribution in [0.4, 0.5) is 0 Å². The fraction of sp³-hybridized carbons (Fsp3) is 0.429. The molecule has 0 radical (unpaired) electrons. The zero-order valence-corrected chi connectivity index (χ0v) is 17.1. The molecule has 0 bridgehead atoms. The lowest BCUT2D eigenvalue weighted by Crippen LogP contribution is -2.36. The van der Waals surface area contributed by atoms with E-state index in [-0.39, 0.29) is 5.91 Å². The van der Waals surface area contributed by atoms with Crippen LogP contribution in [-0.2, 0) is 5.75 Å². The van der Waals surface area contributed by atoms with Gasteiger partial charge in [0, 0.05) is 28.7 Å². The summed E-state index contributed by atoms with van der Waals surface area (Å²) < 4.78 is 1.76. The molecule has 7 heteroatoms. The van der Waals surface area contributed by atoms with Gasteiger partial charge in [0.25, 0.3) is 11.7 Å². The first-order valence-electron chi connectivity index (χ1n) is 9.83. The first-order valence-corrected chi connectivity index (χ1v) is 10.8. The average Bonchev–Trinajstić information content (AvgIpc) is 3.10. The lowest BCUT2D eigenvalue weighted by Gasteiger charge is -2.23. The molecule has 3 aromatic rings. The van der Waals surface area contributed by atoms with Crippen molar-refractivity contribution in [2.45, 2.75) is 62.9 Å². The van der Waals surface area contributed by atoms with Crippen molar-refractivity contribution in [2.75, 3.05) is 0 Å². The number of fused-ring (bicyclic) bond motifs is 1. The first-order chi connectivity index (χ1) is 13.6. The molecule has 1 N–H and O–H groups in total. The van der Waals surface area contributed by atoms with E-state index < -0.39 is 0 Å². The van der Waals surface area contributed by atoms with Crippen LogP contribution in [0.25, 0.3) is 5.78 Å². The van der Waals surface area contributed by atoms with E-state index in [1.807, 2.05) is 44.2 Å². The quantitative estimate of drug-likeness (QED) is 0.659. The molecule has 28 heavy (non-hydrogen) atoms. The first kappa shape index (κ1) is 18.9. The molecule has 6 nitrogen and oxygen atoms in total. The minimum atomic E-state index is 0.0270. The Morgan fingerprint density at radius 3 is 2.79 bits per heavy atom. The highest BCUT2D eigenvalue weighted by molar-refractivity contribution is 7.98. The highest BCUT2D eigenvalue weighted by atomic mass is 32.2. The second-order valence-corrected chi connectivity index (χ2v) is 8.34. The van der Waals surface area contributed by atoms with Crippen LogP contribution in [0.5, 0.6) is 0 Å². The lowest BCUT2D eigenvalue weighted by atomic mass is 9.95. The summed E-state index contributed by atoms with van der Waals surface area (Å²) >= 11 is 1.53. The minimum absolute atomic E-state index is 0.0270. The van der Waals surface area contributed by atoms with Crippen molar-refractivity contribution in [1.29, 1.82) is 0 Å². The number of aryl methyl sites for hydroxylation is 2. The van der Waals surface area contributed by atoms with Gasteiger partial charge in [-0.15, -0.1) is 5.10 Å². The van der Waals surface area contributed by atoms with E-state index in [2.05, 4.69) is 20.4 Å². The summed E-state index contributed by atoms with van der Waals surface area (Å²) in [4.78, 5) is 21.8. The van der Waals surface area contributed by atoms with Gasteiger partial charge >= 0.3 is 0 Å². The molecule has 1 aliphatic rings. The Labute approximate surface area is 169 Å². The van der Waals surface area contributed by atoms with Crippen LogP contribution in [0, 0.1) is 13.8 Å². The maximum Gasteiger partial charge on any atom is 0.253 e. The smallest absolute Gasteiger partial charge is 0.253 e. The number of nitrogens with one attached hydrogen (secondary N) is 1. The van der Waals surface area contributed by atoms with Gasteiger partial charge in [-0.1, -0.05) is 49.2 Å². The zero-order valence-electron chi connectivity index (χ0n) is 16.3. The van der Waals surface area contributed by atoms with Crippen LogP contribution in [0.15, 0.2) is 35.5 Å². The van der Waals surface area contributed by atoms with Gasteiger partial charge in [0.1, 0.15) is 0 Å². The van der Waals surface area contributed by atoms with Gasteiger partial charge in [-0.25, -0.2) is 9.50 Å². The van der Waals surface area contributed by atoms with Gasteiger partial charge in [0.2, 0.25) is 5.16 Å². The second kappa shape index (κ2) is 8.31. The number of nitrogens with zero attached hydrogens (tertiary/aromatic N) is 4. The van der Waals surface area contributed by atoms with Crippen LogP contribution in [-0.4, -0.2) is 31.5 Å². The highest BCUT2D eigenvalue weighted by Crippen LogP contribution is 2.24. The van der Waals surface area contributed by atoms with E-state index in [4.69, 9.17) is 0 Å². The molecule has 0 saturated heterocycles. The van der Waals surface area contributed by atoms with Crippen molar-refractivity contribution in [3.8, 4) is 0 Å². The lowest BCUT2D eigenvalue weighted by molar-refractivity contribution is 0.0927. The molecule has 2 heterocycles. The third kappa shape index (κ3) is 4.19. The van der Waals surface area contributed by atoms with Crippen molar-refractivity contribution in [3.05, 3.63) is 52.8 Å². The van der Waals surface area contributed by atoms with Gasteiger partial charge in [-0.2, -0.15) is 4.98 Å². The summed E-state index contributed by atoms with van der Waals surface area (Å²) in [6, 6.07) is 10.1. The fourth-order valence-electron chi connectivity index (χ4n) is 3.73. The summed E-state index contributed by atoms with van der Waals surface area (Å²) in [5.41, 5.74) is 3.68. The van der Waals surface area contributed by atoms with Crippen molar-refractivity contribution in [1.82, 2.24) is 24.9 Å². The average molecular weight is 396 g/mol. The standard InChI is InChI=1S/C21H25N5OS/c1-14-12-15(2)26-20(22-14)24-21(25-26)28-13-16-8-6-7-11-18(16)19(27)23-17-9-4-3-5-10-17/h6-8,11-12,17H,3-5,9-10,13H2,1-2H3,(H,23,27). The molecule has 1 saturated carbocycles. The summed E-state index contributed by atoms with van der Waals surface area (Å²) in [5.74, 6) is 1.28. The monoisotopic (exact) mass is 395 g/mol. The number of rotatable bonds is 5. The number of amides is 1. The molecule has 0 aliphatic heterocycles. The van der Waals surface area contributed by atoms with Crippen LogP contribution in [0.2, 0.25) is 0 Å². The van der Waals surface area contributed by atoms with Gasteiger partial charge < -0.3 is 5.32 Å². The Balaban J connectivity index is 1.48. The van der Waals surface area contributed by atoms with E-state index in [1.54, 1.807) is 4.52 Å². The summed E-state index contributed by atoms with van der Waals surface area (Å²) in [6.45, 7) is 3.95. The van der Waals surface area contributed by atoms with Crippen molar-refractivity contribution < 1.29 is 4.79 Å². The molecular weight excluding hydrogens is 370 g/mol. The maximum atomic E-state index is 12.8. The van der Waals surface area contributed by atoms with Gasteiger partial charge in [-0.05, 0) is 44.4 Å². The number of hydrogen-bond acceptors (Lipinski definition) is 5. The number of thioether (sulfide) groups is 1. The molecule has 1 amide bonds. The molecule has 1 aromatic carbocycles. The highest BCUT2D eigenvalue weighted by Gasteiger charge is 2.19. The van der Waals surface area contributed by atoms with Crippen LogP contribution < -0.4 is 5.32 Å². The van der Waals surface area contributed by atoms with E-state index >= 15 is 0 Å². The predicted molar refractivity (Wildman–Crippen MR) is 111 cm³/mol. The van der Waals surface area contributed by atoms with Gasteiger partial charge in [0.15, 0.2) is 0 Å². The molecule has 0 atom stereocenters. The van der Waals surface area contributed by atoms with Gasteiger partial charge in [-0.3, -0.25) is 4.79 Å². The number of hydrogen-bond donors (Lipinski definition) is 1. The van der Waals surface area contributed by atoms with Crippen molar-refractivity contribution >= 4 is 23.4 Å². The molecule has 0 unspecified atom stereocenters. The fourth-order valence-corrected chi connectivity index (χ4v) is 4.55. The molecule has 1 fully saturated rings. The van der Waals surface area contributed by atoms with Crippen molar-refractivity contribution in [3.63, 3.8) is 0 Å². The number of benzene rings is 1. The Morgan fingerprint density at radius 1 is 1.18 bits per heavy atom. The predicted octanol–water partition coefficient (Wildman–Crippen LogP) is 4.10. The summed E-state index contributed by atoms with van der Waals surface area (Å²) in [7, 11) is 0. The van der Waals surface area contributed by atoms with Crippen molar-refractivity contribution in [2.24, 2.45) is 0 Å². The van der Waals surface area contributed by atoms with E-state index in [0.717, 1.165) is 35.4 Å². The largest absolute Gasteiger partial charge is 0.349 e. The SMILES string of the molecule is Cc1cc(C)n2nc(SCc3ccccc3C(=O)NC3CCCCC3)nc2n1. The molecule has 146 valence electrons. The number of aromatic nitrogens is 4. The molecule has 4 rings (SSSR count). The normalized spacial score (nSPS) is 15.1.